The molecule has 2 aromatic heterocycles. The summed E-state index contributed by atoms with van der Waals surface area (Å²) in [6.45, 7) is 1.83. The number of nitrogens with one attached hydrogen (secondary N) is 1. The van der Waals surface area contributed by atoms with Gasteiger partial charge in [-0.25, -0.2) is 9.78 Å². The Morgan fingerprint density at radius 3 is 2.88 bits per heavy atom. The van der Waals surface area contributed by atoms with E-state index in [1.54, 1.807) is 16.7 Å². The first-order chi connectivity index (χ1) is 12.0. The molecule has 1 amide bonds. The summed E-state index contributed by atoms with van der Waals surface area (Å²) in [7, 11) is 0. The van der Waals surface area contributed by atoms with Gasteiger partial charge in [0.15, 0.2) is 12.3 Å². The van der Waals surface area contributed by atoms with E-state index in [-0.39, 0.29) is 18.8 Å². The number of carbonyl (C=O) groups is 2. The van der Waals surface area contributed by atoms with E-state index < -0.39 is 11.9 Å². The van der Waals surface area contributed by atoms with Crippen LogP contribution in [-0.2, 0) is 16.1 Å². The molecule has 0 fully saturated rings. The second-order valence-corrected chi connectivity index (χ2v) is 5.95. The first kappa shape index (κ1) is 17.0. The highest BCUT2D eigenvalue weighted by Crippen LogP contribution is 2.14. The van der Waals surface area contributed by atoms with Crippen molar-refractivity contribution >= 4 is 29.1 Å². The van der Waals surface area contributed by atoms with Crippen molar-refractivity contribution in [2.24, 2.45) is 0 Å². The number of aryl methyl sites for hydroxylation is 1. The van der Waals surface area contributed by atoms with Gasteiger partial charge in [-0.3, -0.25) is 4.79 Å². The maximum atomic E-state index is 12.0. The molecule has 0 bridgehead atoms. The number of nitrogens with zero attached hydrogens (tertiary/aromatic N) is 2. The Balaban J connectivity index is 1.54. The number of hydrogen-bond acceptors (Lipinski definition) is 4. The number of rotatable bonds is 5. The summed E-state index contributed by atoms with van der Waals surface area (Å²) in [4.78, 5) is 28.1. The monoisotopic (exact) mass is 357 g/mol. The minimum Gasteiger partial charge on any atom is -0.451 e. The lowest BCUT2D eigenvalue weighted by Gasteiger charge is -2.07. The predicted octanol–water partition coefficient (Wildman–Crippen LogP) is 2.77. The highest BCUT2D eigenvalue weighted by Gasteiger charge is 2.14. The third kappa shape index (κ3) is 4.16. The van der Waals surface area contributed by atoms with E-state index in [4.69, 9.17) is 16.3 Å². The van der Waals surface area contributed by atoms with Crippen molar-refractivity contribution in [2.45, 2.75) is 13.5 Å². The number of hydrogen-bond donors (Lipinski definition) is 1. The van der Waals surface area contributed by atoms with Crippen LogP contribution in [-0.4, -0.2) is 27.9 Å². The van der Waals surface area contributed by atoms with Gasteiger partial charge in [-0.1, -0.05) is 29.8 Å². The van der Waals surface area contributed by atoms with Crippen molar-refractivity contribution in [3.63, 3.8) is 0 Å². The summed E-state index contributed by atoms with van der Waals surface area (Å²) in [6.07, 6.45) is 3.38. The highest BCUT2D eigenvalue weighted by atomic mass is 35.5. The van der Waals surface area contributed by atoms with E-state index in [0.29, 0.717) is 10.7 Å². The van der Waals surface area contributed by atoms with Crippen molar-refractivity contribution in [1.29, 1.82) is 0 Å². The lowest BCUT2D eigenvalue weighted by molar-refractivity contribution is -0.124. The fourth-order valence-corrected chi connectivity index (χ4v) is 2.48. The fraction of sp³-hybridized carbons (Fsp3) is 0.167. The Morgan fingerprint density at radius 2 is 2.08 bits per heavy atom. The second-order valence-electron chi connectivity index (χ2n) is 5.54. The van der Waals surface area contributed by atoms with E-state index in [0.717, 1.165) is 11.1 Å². The molecule has 3 aromatic rings. The number of halogens is 1. The van der Waals surface area contributed by atoms with Crippen LogP contribution in [0.5, 0.6) is 0 Å². The molecule has 0 aliphatic heterocycles. The molecule has 0 aliphatic rings. The Bertz CT molecular complexity index is 936. The van der Waals surface area contributed by atoms with Crippen LogP contribution in [0, 0.1) is 6.92 Å². The molecular formula is C18H16ClN3O3. The molecule has 0 radical (unpaired) electrons. The summed E-state index contributed by atoms with van der Waals surface area (Å²) < 4.78 is 6.73. The van der Waals surface area contributed by atoms with Gasteiger partial charge >= 0.3 is 5.97 Å². The average molecular weight is 358 g/mol. The minimum atomic E-state index is -0.644. The van der Waals surface area contributed by atoms with Crippen LogP contribution < -0.4 is 5.32 Å². The van der Waals surface area contributed by atoms with Crippen LogP contribution in [0.1, 0.15) is 21.6 Å². The SMILES string of the molecule is Cc1ccn2cc(C(=O)OCC(=O)NCc3ccccc3Cl)nc2c1. The van der Waals surface area contributed by atoms with Crippen LogP contribution in [0.4, 0.5) is 0 Å². The van der Waals surface area contributed by atoms with Gasteiger partial charge in [0.05, 0.1) is 0 Å². The largest absolute Gasteiger partial charge is 0.451 e. The van der Waals surface area contributed by atoms with E-state index in [1.165, 1.54) is 0 Å². The molecule has 0 saturated carbocycles. The van der Waals surface area contributed by atoms with Crippen LogP contribution in [0.15, 0.2) is 48.8 Å². The Kier molecular flexibility index (Phi) is 5.00. The average Bonchev–Trinajstić information content (AvgIpc) is 3.02. The number of fused-ring (bicyclic) bond motifs is 1. The lowest BCUT2D eigenvalue weighted by atomic mass is 10.2. The molecule has 6 nitrogen and oxygen atoms in total. The smallest absolute Gasteiger partial charge is 0.359 e. The summed E-state index contributed by atoms with van der Waals surface area (Å²) in [5.74, 6) is -1.05. The number of amides is 1. The molecule has 3 rings (SSSR count). The number of benzene rings is 1. The van der Waals surface area contributed by atoms with Crippen molar-refractivity contribution in [3.8, 4) is 0 Å². The van der Waals surface area contributed by atoms with Crippen molar-refractivity contribution in [3.05, 3.63) is 70.6 Å². The van der Waals surface area contributed by atoms with Gasteiger partial charge in [0.2, 0.25) is 0 Å². The Morgan fingerprint density at radius 1 is 1.28 bits per heavy atom. The molecule has 7 heteroatoms. The van der Waals surface area contributed by atoms with E-state index in [9.17, 15) is 9.59 Å². The van der Waals surface area contributed by atoms with Crippen LogP contribution in [0.2, 0.25) is 5.02 Å². The van der Waals surface area contributed by atoms with E-state index in [2.05, 4.69) is 10.3 Å². The van der Waals surface area contributed by atoms with Gasteiger partial charge in [-0.15, -0.1) is 0 Å². The van der Waals surface area contributed by atoms with Gasteiger partial charge in [0.25, 0.3) is 5.91 Å². The molecule has 0 aliphatic carbocycles. The molecule has 25 heavy (non-hydrogen) atoms. The summed E-state index contributed by atoms with van der Waals surface area (Å²) >= 11 is 6.02. The standard InChI is InChI=1S/C18H16ClN3O3/c1-12-6-7-22-10-15(21-16(22)8-12)18(24)25-11-17(23)20-9-13-4-2-3-5-14(13)19/h2-8,10H,9,11H2,1H3,(H,20,23). The van der Waals surface area contributed by atoms with E-state index >= 15 is 0 Å². The Hall–Kier alpha value is -2.86. The van der Waals surface area contributed by atoms with E-state index in [1.807, 2.05) is 43.5 Å². The molecule has 0 saturated heterocycles. The predicted molar refractivity (Wildman–Crippen MR) is 93.5 cm³/mol. The number of aromatic nitrogens is 2. The lowest BCUT2D eigenvalue weighted by Crippen LogP contribution is -2.28. The van der Waals surface area contributed by atoms with Gasteiger partial charge < -0.3 is 14.5 Å². The summed E-state index contributed by atoms with van der Waals surface area (Å²) in [5.41, 5.74) is 2.64. The number of imidazole rings is 1. The van der Waals surface area contributed by atoms with Gasteiger partial charge in [0, 0.05) is 24.0 Å². The topological polar surface area (TPSA) is 72.7 Å². The van der Waals surface area contributed by atoms with Crippen molar-refractivity contribution in [1.82, 2.24) is 14.7 Å². The molecule has 0 atom stereocenters. The minimum absolute atomic E-state index is 0.157. The molecule has 2 heterocycles. The van der Waals surface area contributed by atoms with Crippen LogP contribution >= 0.6 is 11.6 Å². The maximum absolute atomic E-state index is 12.0. The molecule has 1 N–H and O–H groups in total. The van der Waals surface area contributed by atoms with Crippen molar-refractivity contribution < 1.29 is 14.3 Å². The Labute approximate surface area is 149 Å². The zero-order chi connectivity index (χ0) is 17.8. The second kappa shape index (κ2) is 7.36. The fourth-order valence-electron chi connectivity index (χ4n) is 2.27. The van der Waals surface area contributed by atoms with Gasteiger partial charge in [0.1, 0.15) is 5.65 Å². The quantitative estimate of drug-likeness (QED) is 0.713. The van der Waals surface area contributed by atoms with Crippen molar-refractivity contribution in [2.75, 3.05) is 6.61 Å². The molecule has 0 unspecified atom stereocenters. The summed E-state index contributed by atoms with van der Waals surface area (Å²) in [6, 6.07) is 11.0. The maximum Gasteiger partial charge on any atom is 0.359 e. The third-order valence-electron chi connectivity index (χ3n) is 3.59. The molecule has 1 aromatic carbocycles. The van der Waals surface area contributed by atoms with Gasteiger partial charge in [-0.05, 0) is 36.2 Å². The van der Waals surface area contributed by atoms with Crippen LogP contribution in [0.3, 0.4) is 0 Å². The number of ether oxygens (including phenoxy) is 1. The first-order valence-corrected chi connectivity index (χ1v) is 8.03. The van der Waals surface area contributed by atoms with Gasteiger partial charge in [-0.2, -0.15) is 0 Å². The molecular weight excluding hydrogens is 342 g/mol. The number of pyridine rings is 1. The molecule has 128 valence electrons. The van der Waals surface area contributed by atoms with Crippen LogP contribution in [0.25, 0.3) is 5.65 Å². The zero-order valence-electron chi connectivity index (χ0n) is 13.5. The number of esters is 1. The third-order valence-corrected chi connectivity index (χ3v) is 3.96. The first-order valence-electron chi connectivity index (χ1n) is 7.65. The zero-order valence-corrected chi connectivity index (χ0v) is 14.3. The normalized spacial score (nSPS) is 10.6. The summed E-state index contributed by atoms with van der Waals surface area (Å²) in [5, 5.41) is 3.22. The molecule has 0 spiro atoms. The number of carbonyl (C=O) groups excluding carboxylic acids is 2. The highest BCUT2D eigenvalue weighted by molar-refractivity contribution is 6.31.